The zero-order chi connectivity index (χ0) is 17.8. The van der Waals surface area contributed by atoms with Crippen LogP contribution in [0.2, 0.25) is 5.02 Å². The lowest BCUT2D eigenvalue weighted by Gasteiger charge is -2.13. The number of benzene rings is 2. The summed E-state index contributed by atoms with van der Waals surface area (Å²) in [5, 5.41) is 12.6. The van der Waals surface area contributed by atoms with Gasteiger partial charge in [0.2, 0.25) is 5.13 Å². The molecule has 0 radical (unpaired) electrons. The van der Waals surface area contributed by atoms with Crippen LogP contribution in [0.1, 0.15) is 12.5 Å². The topological polar surface area (TPSA) is 64.1 Å². The number of anilines is 1. The Morgan fingerprint density at radius 3 is 2.48 bits per heavy atom. The van der Waals surface area contributed by atoms with E-state index in [2.05, 4.69) is 15.5 Å². The minimum atomic E-state index is -0.648. The predicted molar refractivity (Wildman–Crippen MR) is 100 cm³/mol. The van der Waals surface area contributed by atoms with E-state index in [9.17, 15) is 4.79 Å². The molecule has 2 aromatic carbocycles. The number of halogens is 1. The highest BCUT2D eigenvalue weighted by atomic mass is 35.5. The Kier molecular flexibility index (Phi) is 5.31. The SMILES string of the molecule is Cc1ccc(O[C@H](C)C(=O)Nc2nnc(-c3ccc(Cl)cc3)s2)cc1. The molecule has 0 spiro atoms. The van der Waals surface area contributed by atoms with E-state index in [0.717, 1.165) is 11.1 Å². The average Bonchev–Trinajstić information content (AvgIpc) is 3.06. The number of hydrogen-bond acceptors (Lipinski definition) is 5. The van der Waals surface area contributed by atoms with Crippen molar-refractivity contribution in [3.8, 4) is 16.3 Å². The fourth-order valence-electron chi connectivity index (χ4n) is 2.06. The summed E-state index contributed by atoms with van der Waals surface area (Å²) in [7, 11) is 0. The Morgan fingerprint density at radius 2 is 1.80 bits per heavy atom. The van der Waals surface area contributed by atoms with E-state index in [1.165, 1.54) is 11.3 Å². The van der Waals surface area contributed by atoms with Gasteiger partial charge in [0.1, 0.15) is 10.8 Å². The predicted octanol–water partition coefficient (Wildman–Crippen LogP) is 4.57. The maximum atomic E-state index is 12.3. The van der Waals surface area contributed by atoms with E-state index in [-0.39, 0.29) is 5.91 Å². The molecule has 1 heterocycles. The van der Waals surface area contributed by atoms with Crippen LogP contribution in [-0.4, -0.2) is 22.2 Å². The Labute approximate surface area is 154 Å². The van der Waals surface area contributed by atoms with Gasteiger partial charge in [-0.1, -0.05) is 52.8 Å². The Balaban J connectivity index is 1.62. The maximum Gasteiger partial charge on any atom is 0.266 e. The van der Waals surface area contributed by atoms with E-state index in [0.29, 0.717) is 20.9 Å². The molecule has 0 aliphatic heterocycles. The standard InChI is InChI=1S/C18H16ClN3O2S/c1-11-3-9-15(10-4-11)24-12(2)16(23)20-18-22-21-17(25-18)13-5-7-14(19)8-6-13/h3-10,12H,1-2H3,(H,20,22,23)/t12-/m1/s1. The number of aryl methyl sites for hydroxylation is 1. The first-order valence-electron chi connectivity index (χ1n) is 7.65. The van der Waals surface area contributed by atoms with E-state index in [1.54, 1.807) is 19.1 Å². The van der Waals surface area contributed by atoms with Crippen LogP contribution in [0.25, 0.3) is 10.6 Å². The van der Waals surface area contributed by atoms with Gasteiger partial charge < -0.3 is 4.74 Å². The van der Waals surface area contributed by atoms with Crippen molar-refractivity contribution in [2.45, 2.75) is 20.0 Å². The van der Waals surface area contributed by atoms with Crippen LogP contribution in [0.15, 0.2) is 48.5 Å². The van der Waals surface area contributed by atoms with Crippen molar-refractivity contribution >= 4 is 34.0 Å². The maximum absolute atomic E-state index is 12.3. The number of rotatable bonds is 5. The van der Waals surface area contributed by atoms with Gasteiger partial charge in [-0.05, 0) is 38.1 Å². The van der Waals surface area contributed by atoms with Gasteiger partial charge in [0.15, 0.2) is 6.10 Å². The first kappa shape index (κ1) is 17.4. The van der Waals surface area contributed by atoms with Gasteiger partial charge in [0, 0.05) is 10.6 Å². The second-order valence-electron chi connectivity index (χ2n) is 5.48. The summed E-state index contributed by atoms with van der Waals surface area (Å²) in [6.45, 7) is 3.68. The van der Waals surface area contributed by atoms with Crippen molar-refractivity contribution in [3.63, 3.8) is 0 Å². The van der Waals surface area contributed by atoms with Crippen molar-refractivity contribution in [1.82, 2.24) is 10.2 Å². The highest BCUT2D eigenvalue weighted by Gasteiger charge is 2.17. The molecule has 0 saturated heterocycles. The van der Waals surface area contributed by atoms with Gasteiger partial charge in [0.05, 0.1) is 0 Å². The summed E-state index contributed by atoms with van der Waals surface area (Å²) in [6, 6.07) is 14.8. The smallest absolute Gasteiger partial charge is 0.266 e. The molecular weight excluding hydrogens is 358 g/mol. The van der Waals surface area contributed by atoms with Crippen molar-refractivity contribution in [2.24, 2.45) is 0 Å². The minimum absolute atomic E-state index is 0.278. The normalized spacial score (nSPS) is 11.8. The molecule has 25 heavy (non-hydrogen) atoms. The highest BCUT2D eigenvalue weighted by Crippen LogP contribution is 2.27. The zero-order valence-corrected chi connectivity index (χ0v) is 15.3. The van der Waals surface area contributed by atoms with Gasteiger partial charge in [-0.3, -0.25) is 10.1 Å². The molecule has 5 nitrogen and oxygen atoms in total. The van der Waals surface area contributed by atoms with E-state index >= 15 is 0 Å². The fraction of sp³-hybridized carbons (Fsp3) is 0.167. The van der Waals surface area contributed by atoms with Gasteiger partial charge in [-0.25, -0.2) is 0 Å². The second kappa shape index (κ2) is 7.63. The van der Waals surface area contributed by atoms with Crippen LogP contribution in [0, 0.1) is 6.92 Å². The van der Waals surface area contributed by atoms with Gasteiger partial charge in [0.25, 0.3) is 5.91 Å². The molecule has 0 aliphatic carbocycles. The lowest BCUT2D eigenvalue weighted by Crippen LogP contribution is -2.30. The highest BCUT2D eigenvalue weighted by molar-refractivity contribution is 7.18. The monoisotopic (exact) mass is 373 g/mol. The molecule has 7 heteroatoms. The summed E-state index contributed by atoms with van der Waals surface area (Å²) in [5.41, 5.74) is 2.03. The molecule has 0 aliphatic rings. The van der Waals surface area contributed by atoms with Crippen LogP contribution >= 0.6 is 22.9 Å². The van der Waals surface area contributed by atoms with Crippen molar-refractivity contribution in [1.29, 1.82) is 0 Å². The fourth-order valence-corrected chi connectivity index (χ4v) is 2.94. The first-order valence-corrected chi connectivity index (χ1v) is 8.84. The largest absolute Gasteiger partial charge is 0.481 e. The first-order chi connectivity index (χ1) is 12.0. The van der Waals surface area contributed by atoms with E-state index in [4.69, 9.17) is 16.3 Å². The number of ether oxygens (including phenoxy) is 1. The van der Waals surface area contributed by atoms with Crippen molar-refractivity contribution in [3.05, 3.63) is 59.1 Å². The quantitative estimate of drug-likeness (QED) is 0.711. The molecular formula is C18H16ClN3O2S. The third kappa shape index (κ3) is 4.55. The molecule has 0 unspecified atom stereocenters. The molecule has 0 saturated carbocycles. The van der Waals surface area contributed by atoms with Crippen LogP contribution in [0.5, 0.6) is 5.75 Å². The third-order valence-electron chi connectivity index (χ3n) is 3.45. The van der Waals surface area contributed by atoms with Gasteiger partial charge in [-0.15, -0.1) is 10.2 Å². The van der Waals surface area contributed by atoms with Gasteiger partial charge >= 0.3 is 0 Å². The van der Waals surface area contributed by atoms with E-state index < -0.39 is 6.10 Å². The summed E-state index contributed by atoms with van der Waals surface area (Å²) in [5.74, 6) is 0.367. The molecule has 1 atom stereocenters. The van der Waals surface area contributed by atoms with Crippen molar-refractivity contribution in [2.75, 3.05) is 5.32 Å². The molecule has 128 valence electrons. The minimum Gasteiger partial charge on any atom is -0.481 e. The number of nitrogens with zero attached hydrogens (tertiary/aromatic N) is 2. The number of amides is 1. The molecule has 3 aromatic rings. The molecule has 0 fully saturated rings. The van der Waals surface area contributed by atoms with E-state index in [1.807, 2.05) is 43.3 Å². The summed E-state index contributed by atoms with van der Waals surface area (Å²) in [6.07, 6.45) is -0.648. The number of carbonyl (C=O) groups excluding carboxylic acids is 1. The van der Waals surface area contributed by atoms with Crippen LogP contribution in [0.3, 0.4) is 0 Å². The van der Waals surface area contributed by atoms with Crippen LogP contribution in [-0.2, 0) is 4.79 Å². The molecule has 0 bridgehead atoms. The van der Waals surface area contributed by atoms with Crippen LogP contribution in [0.4, 0.5) is 5.13 Å². The van der Waals surface area contributed by atoms with Gasteiger partial charge in [-0.2, -0.15) is 0 Å². The van der Waals surface area contributed by atoms with Crippen molar-refractivity contribution < 1.29 is 9.53 Å². The molecule has 1 amide bonds. The number of carbonyl (C=O) groups is 1. The van der Waals surface area contributed by atoms with Crippen LogP contribution < -0.4 is 10.1 Å². The average molecular weight is 374 g/mol. The molecule has 1 N–H and O–H groups in total. The molecule has 1 aromatic heterocycles. The number of aromatic nitrogens is 2. The third-order valence-corrected chi connectivity index (χ3v) is 4.59. The summed E-state index contributed by atoms with van der Waals surface area (Å²) < 4.78 is 5.64. The Hall–Kier alpha value is -2.44. The summed E-state index contributed by atoms with van der Waals surface area (Å²) >= 11 is 7.17. The Morgan fingerprint density at radius 1 is 1.12 bits per heavy atom. The Bertz CT molecular complexity index is 863. The lowest BCUT2D eigenvalue weighted by atomic mass is 10.2. The molecule has 3 rings (SSSR count). The number of nitrogens with one attached hydrogen (secondary N) is 1. The summed E-state index contributed by atoms with van der Waals surface area (Å²) in [4.78, 5) is 12.3. The lowest BCUT2D eigenvalue weighted by molar-refractivity contribution is -0.122. The number of hydrogen-bond donors (Lipinski definition) is 1. The second-order valence-corrected chi connectivity index (χ2v) is 6.90. The zero-order valence-electron chi connectivity index (χ0n) is 13.7.